The van der Waals surface area contributed by atoms with E-state index in [4.69, 9.17) is 23.2 Å². The summed E-state index contributed by atoms with van der Waals surface area (Å²) in [5.41, 5.74) is 3.80. The number of aryl methyl sites for hydroxylation is 3. The first-order chi connectivity index (χ1) is 23.9. The first-order valence-corrected chi connectivity index (χ1v) is 17.5. The first kappa shape index (κ1) is 32.5. The molecule has 50 heavy (non-hydrogen) atoms. The lowest BCUT2D eigenvalue weighted by molar-refractivity contribution is -0.127. The van der Waals surface area contributed by atoms with Crippen molar-refractivity contribution >= 4 is 58.2 Å². The van der Waals surface area contributed by atoms with Crippen molar-refractivity contribution in [2.24, 2.45) is 23.7 Å². The predicted molar refractivity (Wildman–Crippen MR) is 192 cm³/mol. The Bertz CT molecular complexity index is 2160. The number of carbonyl (C=O) groups is 4. The Morgan fingerprint density at radius 2 is 1.42 bits per heavy atom. The number of nitrogens with zero attached hydrogens (tertiary/aromatic N) is 2. The van der Waals surface area contributed by atoms with Gasteiger partial charge in [-0.05, 0) is 97.7 Å². The second-order valence-corrected chi connectivity index (χ2v) is 14.9. The van der Waals surface area contributed by atoms with Crippen LogP contribution >= 0.6 is 23.2 Å². The van der Waals surface area contributed by atoms with Crippen molar-refractivity contribution < 1.29 is 24.3 Å². The third kappa shape index (κ3) is 4.49. The van der Waals surface area contributed by atoms with Gasteiger partial charge in [-0.3, -0.25) is 19.2 Å². The van der Waals surface area contributed by atoms with Crippen molar-refractivity contribution in [1.82, 2.24) is 0 Å². The fourth-order valence-electron chi connectivity index (χ4n) is 9.25. The van der Waals surface area contributed by atoms with E-state index in [0.29, 0.717) is 44.5 Å². The average Bonchev–Trinajstić information content (AvgIpc) is 3.49. The lowest BCUT2D eigenvalue weighted by Gasteiger charge is -2.51. The van der Waals surface area contributed by atoms with Crippen LogP contribution in [0, 0.1) is 44.4 Å². The summed E-state index contributed by atoms with van der Waals surface area (Å²) in [5, 5.41) is 11.7. The molecule has 3 fully saturated rings. The molecule has 2 saturated heterocycles. The van der Waals surface area contributed by atoms with Gasteiger partial charge < -0.3 is 5.11 Å². The van der Waals surface area contributed by atoms with Gasteiger partial charge in [0.15, 0.2) is 0 Å². The quantitative estimate of drug-likeness (QED) is 0.172. The number of allylic oxidation sites excluding steroid dienone is 2. The van der Waals surface area contributed by atoms with E-state index in [-0.39, 0.29) is 35.8 Å². The van der Waals surface area contributed by atoms with Gasteiger partial charge in [0.1, 0.15) is 5.75 Å². The standard InChI is InChI=1S/C41H34Cl2N2O5/c1-21-12-13-28(19-33(21)43)44-37(47)30-15-14-29-31(34(30)39(44)49)20-32-38(48)45(27-11-7-10-26(42)18-27)40(50)41(32,25-8-5-4-6-9-25)35(29)24-16-22(2)36(46)23(3)17-24/h4-14,16-19,30-32,34-35,46H,15,20H2,1-3H3. The normalized spacial score (nSPS) is 27.3. The van der Waals surface area contributed by atoms with Gasteiger partial charge in [0.2, 0.25) is 23.6 Å². The van der Waals surface area contributed by atoms with Crippen molar-refractivity contribution in [2.75, 3.05) is 9.80 Å². The zero-order valence-electron chi connectivity index (χ0n) is 27.7. The van der Waals surface area contributed by atoms with E-state index < -0.39 is 35.0 Å². The summed E-state index contributed by atoms with van der Waals surface area (Å²) < 4.78 is 0. The maximum absolute atomic E-state index is 15.4. The van der Waals surface area contributed by atoms with Gasteiger partial charge in [0.25, 0.3) is 0 Å². The highest BCUT2D eigenvalue weighted by atomic mass is 35.5. The van der Waals surface area contributed by atoms with Crippen LogP contribution in [-0.2, 0) is 24.6 Å². The summed E-state index contributed by atoms with van der Waals surface area (Å²) >= 11 is 12.9. The number of halogens is 2. The van der Waals surface area contributed by atoms with Crippen LogP contribution in [0.5, 0.6) is 5.75 Å². The second kappa shape index (κ2) is 11.7. The maximum Gasteiger partial charge on any atom is 0.246 e. The van der Waals surface area contributed by atoms with Gasteiger partial charge in [0, 0.05) is 16.0 Å². The minimum absolute atomic E-state index is 0.155. The smallest absolute Gasteiger partial charge is 0.246 e. The molecule has 0 aromatic heterocycles. The number of hydrogen-bond acceptors (Lipinski definition) is 5. The van der Waals surface area contributed by atoms with Gasteiger partial charge in [0.05, 0.1) is 34.5 Å². The molecule has 4 aromatic rings. The second-order valence-electron chi connectivity index (χ2n) is 14.0. The van der Waals surface area contributed by atoms with Crippen molar-refractivity contribution in [2.45, 2.75) is 44.9 Å². The van der Waals surface area contributed by atoms with Crippen molar-refractivity contribution in [3.8, 4) is 5.75 Å². The number of anilines is 2. The Balaban J connectivity index is 1.36. The number of amides is 4. The Morgan fingerprint density at radius 3 is 2.10 bits per heavy atom. The highest BCUT2D eigenvalue weighted by molar-refractivity contribution is 6.33. The fraction of sp³-hybridized carbons (Fsp3) is 0.268. The van der Waals surface area contributed by atoms with Crippen molar-refractivity contribution in [3.63, 3.8) is 0 Å². The summed E-state index contributed by atoms with van der Waals surface area (Å²) in [6.45, 7) is 5.48. The number of phenols is 1. The zero-order chi connectivity index (χ0) is 35.2. The lowest BCUT2D eigenvalue weighted by Crippen LogP contribution is -2.53. The van der Waals surface area contributed by atoms with E-state index in [0.717, 1.165) is 16.7 Å². The average molecular weight is 706 g/mol. The molecule has 7 nitrogen and oxygen atoms in total. The van der Waals surface area contributed by atoms with Crippen molar-refractivity contribution in [3.05, 3.63) is 134 Å². The van der Waals surface area contributed by atoms with E-state index in [2.05, 4.69) is 0 Å². The summed E-state index contributed by atoms with van der Waals surface area (Å²) in [6.07, 6.45) is 2.53. The number of rotatable bonds is 4. The van der Waals surface area contributed by atoms with E-state index in [9.17, 15) is 19.5 Å². The molecule has 8 rings (SSSR count). The predicted octanol–water partition coefficient (Wildman–Crippen LogP) is 7.99. The molecule has 0 radical (unpaired) electrons. The highest BCUT2D eigenvalue weighted by Gasteiger charge is 2.70. The maximum atomic E-state index is 15.4. The number of benzene rings is 4. The molecule has 6 unspecified atom stereocenters. The van der Waals surface area contributed by atoms with Gasteiger partial charge in [-0.2, -0.15) is 0 Å². The number of phenolic OH excluding ortho intramolecular Hbond substituents is 1. The molecular formula is C41H34Cl2N2O5. The van der Waals surface area contributed by atoms with Gasteiger partial charge in [-0.1, -0.05) is 89.4 Å². The van der Waals surface area contributed by atoms with Crippen LogP contribution in [0.3, 0.4) is 0 Å². The largest absolute Gasteiger partial charge is 0.507 e. The number of imide groups is 2. The molecule has 0 spiro atoms. The van der Waals surface area contributed by atoms with Gasteiger partial charge in [-0.15, -0.1) is 0 Å². The number of hydrogen-bond donors (Lipinski definition) is 1. The number of fused-ring (bicyclic) bond motifs is 4. The minimum Gasteiger partial charge on any atom is -0.507 e. The molecule has 1 N–H and O–H groups in total. The van der Waals surface area contributed by atoms with Crippen molar-refractivity contribution in [1.29, 1.82) is 0 Å². The van der Waals surface area contributed by atoms with Crippen LogP contribution in [0.1, 0.15) is 46.6 Å². The molecule has 4 amide bonds. The molecule has 2 heterocycles. The Labute approximate surface area is 300 Å². The minimum atomic E-state index is -1.39. The van der Waals surface area contributed by atoms with E-state index in [1.165, 1.54) is 9.80 Å². The lowest BCUT2D eigenvalue weighted by atomic mass is 9.49. The van der Waals surface area contributed by atoms with Crippen LogP contribution < -0.4 is 9.80 Å². The van der Waals surface area contributed by atoms with E-state index in [1.54, 1.807) is 42.5 Å². The first-order valence-electron chi connectivity index (χ1n) is 16.8. The van der Waals surface area contributed by atoms with Crippen LogP contribution in [0.4, 0.5) is 11.4 Å². The van der Waals surface area contributed by atoms with E-state index in [1.807, 2.05) is 69.3 Å². The summed E-state index contributed by atoms with van der Waals surface area (Å²) in [6, 6.07) is 25.0. The topological polar surface area (TPSA) is 95.0 Å². The monoisotopic (exact) mass is 704 g/mol. The third-order valence-corrected chi connectivity index (χ3v) is 12.1. The van der Waals surface area contributed by atoms with Crippen LogP contribution in [0.2, 0.25) is 10.0 Å². The fourth-order valence-corrected chi connectivity index (χ4v) is 9.61. The molecule has 2 aliphatic carbocycles. The molecule has 0 bridgehead atoms. The number of carbonyl (C=O) groups excluding carboxylic acids is 4. The van der Waals surface area contributed by atoms with Crippen LogP contribution in [-0.4, -0.2) is 28.7 Å². The Morgan fingerprint density at radius 1 is 0.720 bits per heavy atom. The molecule has 252 valence electrons. The summed E-state index contributed by atoms with van der Waals surface area (Å²) in [7, 11) is 0. The van der Waals surface area contributed by atoms with E-state index >= 15 is 4.79 Å². The molecule has 4 aromatic carbocycles. The number of aromatic hydroxyl groups is 1. The Hall–Kier alpha value is -4.72. The third-order valence-electron chi connectivity index (χ3n) is 11.4. The molecular weight excluding hydrogens is 671 g/mol. The summed E-state index contributed by atoms with van der Waals surface area (Å²) in [4.78, 5) is 61.4. The van der Waals surface area contributed by atoms with Crippen LogP contribution in [0.15, 0.2) is 96.6 Å². The molecule has 1 saturated carbocycles. The van der Waals surface area contributed by atoms with Gasteiger partial charge >= 0.3 is 0 Å². The van der Waals surface area contributed by atoms with Gasteiger partial charge in [-0.25, -0.2) is 9.80 Å². The molecule has 9 heteroatoms. The zero-order valence-corrected chi connectivity index (χ0v) is 29.2. The highest BCUT2D eigenvalue weighted by Crippen LogP contribution is 2.64. The molecule has 4 aliphatic rings. The summed E-state index contributed by atoms with van der Waals surface area (Å²) in [5.74, 6) is -4.64. The molecule has 6 atom stereocenters. The van der Waals surface area contributed by atoms with Crippen LogP contribution in [0.25, 0.3) is 0 Å². The Kier molecular flexibility index (Phi) is 7.59. The SMILES string of the molecule is Cc1ccc(N2C(=O)C3CC=C4C(CC5C(=O)N(c6cccc(Cl)c6)C(=O)C5(c5ccccc5)C4c4cc(C)c(O)c(C)c4)C3C2=O)cc1Cl. The molecule has 2 aliphatic heterocycles.